The average molecular weight is 282 g/mol. The number of likely N-dealkylation sites (tertiary alicyclic amines) is 1. The van der Waals surface area contributed by atoms with Crippen molar-refractivity contribution in [3.05, 3.63) is 16.1 Å². The summed E-state index contributed by atoms with van der Waals surface area (Å²) in [6.45, 7) is 6.78. The van der Waals surface area contributed by atoms with Crippen molar-refractivity contribution in [3.63, 3.8) is 0 Å². The van der Waals surface area contributed by atoms with Crippen LogP contribution in [0.2, 0.25) is 0 Å². The van der Waals surface area contributed by atoms with Gasteiger partial charge in [0.25, 0.3) is 0 Å². The minimum absolute atomic E-state index is 0.202. The lowest BCUT2D eigenvalue weighted by molar-refractivity contribution is -0.136. The molecule has 1 aromatic rings. The number of nitrogens with zero attached hydrogens (tertiary/aromatic N) is 2. The van der Waals surface area contributed by atoms with E-state index in [0.29, 0.717) is 18.4 Å². The second-order valence-corrected chi connectivity index (χ2v) is 6.61. The number of aliphatic carboxylic acids is 1. The molecule has 4 nitrogen and oxygen atoms in total. The van der Waals surface area contributed by atoms with Gasteiger partial charge in [0, 0.05) is 23.0 Å². The van der Waals surface area contributed by atoms with Gasteiger partial charge in [0.15, 0.2) is 0 Å². The highest BCUT2D eigenvalue weighted by Gasteiger charge is 2.24. The molecule has 0 amide bonds. The minimum atomic E-state index is -0.736. The summed E-state index contributed by atoms with van der Waals surface area (Å²) in [5.41, 5.74) is 0. The summed E-state index contributed by atoms with van der Waals surface area (Å²) in [6, 6.07) is 0.628. The molecule has 0 unspecified atom stereocenters. The highest BCUT2D eigenvalue weighted by atomic mass is 32.1. The first-order valence-corrected chi connectivity index (χ1v) is 7.78. The molecule has 1 fully saturated rings. The standard InChI is InChI=1S/C14H22N2O2S/c1-10(2)16-7-5-11(6-8-16)14-15-9-12(19-14)3-4-13(17)18/h9-11H,3-8H2,1-2H3,(H,17,18). The Morgan fingerprint density at radius 2 is 2.21 bits per heavy atom. The molecule has 1 N–H and O–H groups in total. The molecule has 0 bridgehead atoms. The first-order valence-electron chi connectivity index (χ1n) is 6.96. The number of carbonyl (C=O) groups is 1. The van der Waals surface area contributed by atoms with Crippen LogP contribution >= 0.6 is 11.3 Å². The highest BCUT2D eigenvalue weighted by Crippen LogP contribution is 2.31. The number of carboxylic acids is 1. The van der Waals surface area contributed by atoms with E-state index >= 15 is 0 Å². The van der Waals surface area contributed by atoms with Gasteiger partial charge in [-0.3, -0.25) is 4.79 Å². The van der Waals surface area contributed by atoms with Crippen molar-refractivity contribution in [2.24, 2.45) is 0 Å². The Kier molecular flexibility index (Phi) is 4.93. The quantitative estimate of drug-likeness (QED) is 0.902. The summed E-state index contributed by atoms with van der Waals surface area (Å²) in [4.78, 5) is 18.7. The lowest BCUT2D eigenvalue weighted by Crippen LogP contribution is -2.37. The van der Waals surface area contributed by atoms with Crippen LogP contribution in [0.25, 0.3) is 0 Å². The molecular formula is C14H22N2O2S. The molecule has 19 heavy (non-hydrogen) atoms. The third-order valence-corrected chi connectivity index (χ3v) is 4.99. The largest absolute Gasteiger partial charge is 0.481 e. The van der Waals surface area contributed by atoms with E-state index in [4.69, 9.17) is 5.11 Å². The molecule has 1 aliphatic heterocycles. The van der Waals surface area contributed by atoms with Crippen molar-refractivity contribution in [1.82, 2.24) is 9.88 Å². The van der Waals surface area contributed by atoms with Gasteiger partial charge in [0.05, 0.1) is 11.4 Å². The van der Waals surface area contributed by atoms with Crippen LogP contribution in [-0.4, -0.2) is 40.1 Å². The van der Waals surface area contributed by atoms with Gasteiger partial charge in [-0.05, 0) is 46.2 Å². The summed E-state index contributed by atoms with van der Waals surface area (Å²) < 4.78 is 0. The number of carboxylic acid groups (broad SMARTS) is 1. The fourth-order valence-corrected chi connectivity index (χ4v) is 3.61. The van der Waals surface area contributed by atoms with Gasteiger partial charge < -0.3 is 10.0 Å². The smallest absolute Gasteiger partial charge is 0.303 e. The van der Waals surface area contributed by atoms with Gasteiger partial charge >= 0.3 is 5.97 Å². The summed E-state index contributed by atoms with van der Waals surface area (Å²) in [7, 11) is 0. The molecule has 2 heterocycles. The summed E-state index contributed by atoms with van der Waals surface area (Å²) in [5.74, 6) is -0.168. The fourth-order valence-electron chi connectivity index (χ4n) is 2.52. The van der Waals surface area contributed by atoms with Crippen molar-refractivity contribution in [3.8, 4) is 0 Å². The first kappa shape index (κ1) is 14.5. The number of hydrogen-bond donors (Lipinski definition) is 1. The molecule has 0 spiro atoms. The van der Waals surface area contributed by atoms with Crippen LogP contribution < -0.4 is 0 Å². The Balaban J connectivity index is 1.88. The van der Waals surface area contributed by atoms with Crippen LogP contribution in [-0.2, 0) is 11.2 Å². The van der Waals surface area contributed by atoms with Gasteiger partial charge in [0.2, 0.25) is 0 Å². The predicted octanol–water partition coefficient (Wildman–Crippen LogP) is 2.75. The van der Waals surface area contributed by atoms with Crippen LogP contribution in [0.1, 0.15) is 48.9 Å². The molecule has 0 saturated carbocycles. The van der Waals surface area contributed by atoms with E-state index in [2.05, 4.69) is 23.7 Å². The number of hydrogen-bond acceptors (Lipinski definition) is 4. The maximum atomic E-state index is 10.6. The normalized spacial score (nSPS) is 18.1. The Labute approximate surface area is 118 Å². The lowest BCUT2D eigenvalue weighted by Gasteiger charge is -2.33. The maximum Gasteiger partial charge on any atom is 0.303 e. The van der Waals surface area contributed by atoms with Crippen molar-refractivity contribution in [2.75, 3.05) is 13.1 Å². The number of aromatic nitrogens is 1. The SMILES string of the molecule is CC(C)N1CCC(c2ncc(CCC(=O)O)s2)CC1. The van der Waals surface area contributed by atoms with Gasteiger partial charge in [-0.25, -0.2) is 4.98 Å². The molecule has 1 aromatic heterocycles. The van der Waals surface area contributed by atoms with E-state index < -0.39 is 5.97 Å². The average Bonchev–Trinajstić information content (AvgIpc) is 2.85. The lowest BCUT2D eigenvalue weighted by atomic mass is 9.97. The zero-order chi connectivity index (χ0) is 13.8. The summed E-state index contributed by atoms with van der Waals surface area (Å²) in [6.07, 6.45) is 5.01. The van der Waals surface area contributed by atoms with Crippen LogP contribution in [0.15, 0.2) is 6.20 Å². The maximum absolute atomic E-state index is 10.6. The Morgan fingerprint density at radius 3 is 2.79 bits per heavy atom. The molecule has 0 radical (unpaired) electrons. The highest BCUT2D eigenvalue weighted by molar-refractivity contribution is 7.11. The zero-order valence-electron chi connectivity index (χ0n) is 11.6. The van der Waals surface area contributed by atoms with Crippen LogP contribution in [0, 0.1) is 0 Å². The molecule has 1 saturated heterocycles. The number of aryl methyl sites for hydroxylation is 1. The van der Waals surface area contributed by atoms with E-state index in [0.717, 1.165) is 18.0 Å². The van der Waals surface area contributed by atoms with Crippen molar-refractivity contribution < 1.29 is 9.90 Å². The molecule has 0 aliphatic carbocycles. The van der Waals surface area contributed by atoms with Crippen LogP contribution in [0.5, 0.6) is 0 Å². The van der Waals surface area contributed by atoms with E-state index in [-0.39, 0.29) is 6.42 Å². The van der Waals surface area contributed by atoms with E-state index in [1.54, 1.807) is 11.3 Å². The van der Waals surface area contributed by atoms with Crippen LogP contribution in [0.3, 0.4) is 0 Å². The van der Waals surface area contributed by atoms with Gasteiger partial charge in [-0.2, -0.15) is 0 Å². The van der Waals surface area contributed by atoms with Crippen molar-refractivity contribution in [2.45, 2.75) is 51.5 Å². The number of rotatable bonds is 5. The van der Waals surface area contributed by atoms with Crippen LogP contribution in [0.4, 0.5) is 0 Å². The molecule has 5 heteroatoms. The topological polar surface area (TPSA) is 53.4 Å². The second-order valence-electron chi connectivity index (χ2n) is 5.46. The molecular weight excluding hydrogens is 260 g/mol. The molecule has 2 rings (SSSR count). The monoisotopic (exact) mass is 282 g/mol. The molecule has 0 aromatic carbocycles. The van der Waals surface area contributed by atoms with Gasteiger partial charge in [0.1, 0.15) is 0 Å². The Hall–Kier alpha value is -0.940. The van der Waals surface area contributed by atoms with Crippen molar-refractivity contribution in [1.29, 1.82) is 0 Å². The van der Waals surface area contributed by atoms with E-state index in [9.17, 15) is 4.79 Å². The predicted molar refractivity (Wildman–Crippen MR) is 76.8 cm³/mol. The van der Waals surface area contributed by atoms with E-state index in [1.807, 2.05) is 6.20 Å². The number of piperidine rings is 1. The van der Waals surface area contributed by atoms with Crippen molar-refractivity contribution >= 4 is 17.3 Å². The zero-order valence-corrected chi connectivity index (χ0v) is 12.4. The van der Waals surface area contributed by atoms with Gasteiger partial charge in [-0.1, -0.05) is 0 Å². The first-order chi connectivity index (χ1) is 9.06. The minimum Gasteiger partial charge on any atom is -0.481 e. The molecule has 0 atom stereocenters. The van der Waals surface area contributed by atoms with E-state index in [1.165, 1.54) is 17.8 Å². The second kappa shape index (κ2) is 6.48. The fraction of sp³-hybridized carbons (Fsp3) is 0.714. The Bertz CT molecular complexity index is 423. The third kappa shape index (κ3) is 4.01. The third-order valence-electron chi connectivity index (χ3n) is 3.77. The summed E-state index contributed by atoms with van der Waals surface area (Å²) >= 11 is 1.70. The Morgan fingerprint density at radius 1 is 1.53 bits per heavy atom. The summed E-state index contributed by atoms with van der Waals surface area (Å²) in [5, 5.41) is 9.89. The molecule has 1 aliphatic rings. The van der Waals surface area contributed by atoms with Gasteiger partial charge in [-0.15, -0.1) is 11.3 Å². The molecule has 106 valence electrons. The number of thiazole rings is 1.